The molecule has 1 saturated heterocycles. The van der Waals surface area contributed by atoms with Gasteiger partial charge in [-0.1, -0.05) is 17.8 Å². The molecule has 1 aromatic heterocycles. The van der Waals surface area contributed by atoms with E-state index in [0.717, 1.165) is 31.5 Å². The monoisotopic (exact) mass is 511 g/mol. The summed E-state index contributed by atoms with van der Waals surface area (Å²) in [4.78, 5) is 35.4. The zero-order valence-corrected chi connectivity index (χ0v) is 18.8. The van der Waals surface area contributed by atoms with Gasteiger partial charge in [-0.3, -0.25) is 9.59 Å². The summed E-state index contributed by atoms with van der Waals surface area (Å²) in [7, 11) is 0. The van der Waals surface area contributed by atoms with Gasteiger partial charge in [-0.15, -0.1) is 0 Å². The summed E-state index contributed by atoms with van der Waals surface area (Å²) >= 11 is 3.36. The number of thioether (sulfide) groups is 1. The predicted octanol–water partition coefficient (Wildman–Crippen LogP) is 3.58. The number of rotatable bonds is 5. The van der Waals surface area contributed by atoms with Crippen LogP contribution in [0, 0.1) is 10.6 Å². The van der Waals surface area contributed by atoms with E-state index in [2.05, 4.69) is 15.3 Å². The number of nitrogens with one attached hydrogen (secondary N) is 1. The van der Waals surface area contributed by atoms with E-state index in [4.69, 9.17) is 5.73 Å². The number of hydrogen-bond acceptors (Lipinski definition) is 6. The standard InChI is InChI=1S/C19H22IN5O2S/c1-11-6-7-12(10-13(11)18(27)25-8-4-3-5-9-25)22-17-14(16(21)26)15(20)23-19(24-17)28-2/h6-7,10H,3-5,8-9H2,1-2H3,(H2,21,26)(H,22,23,24). The van der Waals surface area contributed by atoms with E-state index in [1.165, 1.54) is 18.2 Å². The number of aromatic nitrogens is 2. The lowest BCUT2D eigenvalue weighted by atomic mass is 10.0. The molecule has 0 aliphatic carbocycles. The highest BCUT2D eigenvalue weighted by molar-refractivity contribution is 14.1. The second-order valence-electron chi connectivity index (χ2n) is 6.60. The molecule has 0 radical (unpaired) electrons. The Kier molecular flexibility index (Phi) is 6.76. The Labute approximate surface area is 182 Å². The van der Waals surface area contributed by atoms with Gasteiger partial charge in [-0.2, -0.15) is 0 Å². The van der Waals surface area contributed by atoms with Crippen molar-refractivity contribution >= 4 is 57.7 Å². The van der Waals surface area contributed by atoms with Crippen LogP contribution in [0.4, 0.5) is 11.5 Å². The third-order valence-electron chi connectivity index (χ3n) is 4.65. The van der Waals surface area contributed by atoms with Crippen molar-refractivity contribution in [1.82, 2.24) is 14.9 Å². The van der Waals surface area contributed by atoms with Crippen LogP contribution in [0.15, 0.2) is 23.4 Å². The number of piperidine rings is 1. The smallest absolute Gasteiger partial charge is 0.255 e. The SMILES string of the molecule is CSc1nc(I)c(C(N)=O)c(Nc2ccc(C)c(C(=O)N3CCCCC3)c2)n1. The summed E-state index contributed by atoms with van der Waals surface area (Å²) < 4.78 is 0.490. The molecule has 0 atom stereocenters. The van der Waals surface area contributed by atoms with Crippen molar-refractivity contribution in [2.45, 2.75) is 31.3 Å². The van der Waals surface area contributed by atoms with Gasteiger partial charge in [0.05, 0.1) is 0 Å². The van der Waals surface area contributed by atoms with Gasteiger partial charge in [0, 0.05) is 24.3 Å². The summed E-state index contributed by atoms with van der Waals surface area (Å²) in [5, 5.41) is 3.69. The average Bonchev–Trinajstić information content (AvgIpc) is 2.68. The van der Waals surface area contributed by atoms with E-state index in [0.29, 0.717) is 25.9 Å². The zero-order chi connectivity index (χ0) is 20.3. The van der Waals surface area contributed by atoms with Gasteiger partial charge in [0.2, 0.25) is 0 Å². The highest BCUT2D eigenvalue weighted by Crippen LogP contribution is 2.27. The first kappa shape index (κ1) is 20.8. The second-order valence-corrected chi connectivity index (χ2v) is 8.39. The lowest BCUT2D eigenvalue weighted by Gasteiger charge is -2.27. The van der Waals surface area contributed by atoms with Crippen molar-refractivity contribution in [2.24, 2.45) is 5.73 Å². The quantitative estimate of drug-likeness (QED) is 0.276. The largest absolute Gasteiger partial charge is 0.365 e. The first-order valence-electron chi connectivity index (χ1n) is 8.99. The molecule has 3 N–H and O–H groups in total. The van der Waals surface area contributed by atoms with E-state index in [1.54, 1.807) is 0 Å². The number of benzene rings is 1. The molecular formula is C19H22IN5O2S. The van der Waals surface area contributed by atoms with E-state index in [9.17, 15) is 9.59 Å². The summed E-state index contributed by atoms with van der Waals surface area (Å²) in [5.41, 5.74) is 8.01. The molecule has 0 spiro atoms. The van der Waals surface area contributed by atoms with Gasteiger partial charge in [0.15, 0.2) is 5.16 Å². The maximum absolute atomic E-state index is 12.9. The maximum atomic E-state index is 12.9. The van der Waals surface area contributed by atoms with Crippen LogP contribution in [-0.4, -0.2) is 46.0 Å². The topological polar surface area (TPSA) is 101 Å². The second kappa shape index (κ2) is 9.08. The van der Waals surface area contributed by atoms with Crippen molar-refractivity contribution in [1.29, 1.82) is 0 Å². The average molecular weight is 511 g/mol. The van der Waals surface area contributed by atoms with Crippen LogP contribution in [0.3, 0.4) is 0 Å². The number of nitrogens with zero attached hydrogens (tertiary/aromatic N) is 3. The van der Waals surface area contributed by atoms with E-state index in [1.807, 2.05) is 58.9 Å². The molecule has 148 valence electrons. The fraction of sp³-hybridized carbons (Fsp3) is 0.368. The molecule has 0 bridgehead atoms. The number of nitrogens with two attached hydrogens (primary N) is 1. The lowest BCUT2D eigenvalue weighted by molar-refractivity contribution is 0.0723. The number of aryl methyl sites for hydroxylation is 1. The number of carbonyl (C=O) groups is 2. The van der Waals surface area contributed by atoms with Gasteiger partial charge < -0.3 is 16.0 Å². The molecule has 0 saturated carbocycles. The Balaban J connectivity index is 1.94. The summed E-state index contributed by atoms with van der Waals surface area (Å²) in [5.74, 6) is -0.217. The molecule has 2 aromatic rings. The fourth-order valence-electron chi connectivity index (χ4n) is 3.15. The summed E-state index contributed by atoms with van der Waals surface area (Å²) in [6.07, 6.45) is 5.12. The van der Waals surface area contributed by atoms with Gasteiger partial charge in [-0.25, -0.2) is 9.97 Å². The van der Waals surface area contributed by atoms with Gasteiger partial charge in [-0.05, 0) is 72.7 Å². The molecule has 1 aliphatic heterocycles. The minimum absolute atomic E-state index is 0.0399. The molecule has 1 aliphatic rings. The minimum atomic E-state index is -0.601. The Bertz CT molecular complexity index is 915. The zero-order valence-electron chi connectivity index (χ0n) is 15.8. The van der Waals surface area contributed by atoms with E-state index < -0.39 is 5.91 Å². The fourth-order valence-corrected chi connectivity index (χ4v) is 4.43. The highest BCUT2D eigenvalue weighted by atomic mass is 127. The van der Waals surface area contributed by atoms with Crippen molar-refractivity contribution < 1.29 is 9.59 Å². The third kappa shape index (κ3) is 4.57. The molecule has 1 fully saturated rings. The Morgan fingerprint density at radius 3 is 2.57 bits per heavy atom. The number of likely N-dealkylation sites (tertiary alicyclic amines) is 1. The molecular weight excluding hydrogens is 489 g/mol. The molecule has 2 heterocycles. The molecule has 3 rings (SSSR count). The Morgan fingerprint density at radius 2 is 1.93 bits per heavy atom. The Hall–Kier alpha value is -1.88. The van der Waals surface area contributed by atoms with Crippen LogP contribution in [0.1, 0.15) is 45.5 Å². The van der Waals surface area contributed by atoms with Crippen LogP contribution < -0.4 is 11.1 Å². The van der Waals surface area contributed by atoms with Crippen molar-refractivity contribution in [3.05, 3.63) is 38.6 Å². The van der Waals surface area contributed by atoms with Crippen LogP contribution in [0.25, 0.3) is 0 Å². The molecule has 2 amide bonds. The molecule has 1 aromatic carbocycles. The number of primary amides is 1. The number of anilines is 2. The third-order valence-corrected chi connectivity index (χ3v) is 5.98. The van der Waals surface area contributed by atoms with Crippen LogP contribution >= 0.6 is 34.4 Å². The number of halogens is 1. The molecule has 0 unspecified atom stereocenters. The van der Waals surface area contributed by atoms with E-state index >= 15 is 0 Å². The number of amides is 2. The van der Waals surface area contributed by atoms with Crippen molar-refractivity contribution in [3.63, 3.8) is 0 Å². The predicted molar refractivity (Wildman–Crippen MR) is 119 cm³/mol. The molecule has 7 nitrogen and oxygen atoms in total. The lowest BCUT2D eigenvalue weighted by Crippen LogP contribution is -2.36. The van der Waals surface area contributed by atoms with Crippen molar-refractivity contribution in [2.75, 3.05) is 24.7 Å². The summed E-state index contributed by atoms with van der Waals surface area (Å²) in [6, 6.07) is 5.57. The van der Waals surface area contributed by atoms with Gasteiger partial charge in [0.1, 0.15) is 15.1 Å². The van der Waals surface area contributed by atoms with Crippen molar-refractivity contribution in [3.8, 4) is 0 Å². The molecule has 9 heteroatoms. The molecule has 28 heavy (non-hydrogen) atoms. The van der Waals surface area contributed by atoms with Gasteiger partial charge >= 0.3 is 0 Å². The van der Waals surface area contributed by atoms with Crippen LogP contribution in [0.5, 0.6) is 0 Å². The van der Waals surface area contributed by atoms with Crippen LogP contribution in [0.2, 0.25) is 0 Å². The first-order valence-corrected chi connectivity index (χ1v) is 11.3. The highest BCUT2D eigenvalue weighted by Gasteiger charge is 2.21. The Morgan fingerprint density at radius 1 is 1.21 bits per heavy atom. The number of hydrogen-bond donors (Lipinski definition) is 2. The first-order chi connectivity index (χ1) is 13.4. The number of carbonyl (C=O) groups excluding carboxylic acids is 2. The maximum Gasteiger partial charge on any atom is 0.255 e. The summed E-state index contributed by atoms with van der Waals surface area (Å²) in [6.45, 7) is 3.52. The van der Waals surface area contributed by atoms with Crippen LogP contribution in [-0.2, 0) is 0 Å². The van der Waals surface area contributed by atoms with E-state index in [-0.39, 0.29) is 11.5 Å². The normalized spacial score (nSPS) is 14.0. The van der Waals surface area contributed by atoms with Gasteiger partial charge in [0.25, 0.3) is 11.8 Å². The minimum Gasteiger partial charge on any atom is -0.365 e.